The number of benzene rings is 1. The van der Waals surface area contributed by atoms with Gasteiger partial charge >= 0.3 is 0 Å². The maximum Gasteiger partial charge on any atom is 0.193 e. The van der Waals surface area contributed by atoms with Crippen molar-refractivity contribution < 1.29 is 0 Å². The molecule has 114 valence electrons. The van der Waals surface area contributed by atoms with Gasteiger partial charge in [0.15, 0.2) is 5.96 Å². The maximum atomic E-state index is 4.46. The molecule has 1 saturated carbocycles. The summed E-state index contributed by atoms with van der Waals surface area (Å²) in [5, 5.41) is 3.52. The van der Waals surface area contributed by atoms with Crippen LogP contribution in [0.3, 0.4) is 0 Å². The Morgan fingerprint density at radius 1 is 1.29 bits per heavy atom. The van der Waals surface area contributed by atoms with E-state index in [4.69, 9.17) is 0 Å². The van der Waals surface area contributed by atoms with Crippen LogP contribution in [0.25, 0.3) is 0 Å². The van der Waals surface area contributed by atoms with Crippen molar-refractivity contribution in [1.29, 1.82) is 0 Å². The molecule has 0 radical (unpaired) electrons. The molecule has 1 aromatic rings. The van der Waals surface area contributed by atoms with Gasteiger partial charge in [0.2, 0.25) is 0 Å². The summed E-state index contributed by atoms with van der Waals surface area (Å²) in [6, 6.07) is 10.6. The molecule has 1 aliphatic heterocycles. The van der Waals surface area contributed by atoms with E-state index in [0.717, 1.165) is 18.3 Å². The van der Waals surface area contributed by atoms with Crippen LogP contribution in [-0.2, 0) is 0 Å². The molecule has 2 fully saturated rings. The molecular weight excluding hydrogens is 278 g/mol. The van der Waals surface area contributed by atoms with Crippen LogP contribution in [0.15, 0.2) is 40.2 Å². The summed E-state index contributed by atoms with van der Waals surface area (Å²) in [4.78, 5) is 8.25. The normalized spacial score (nSPS) is 20.6. The van der Waals surface area contributed by atoms with E-state index >= 15 is 0 Å². The van der Waals surface area contributed by atoms with E-state index in [0.29, 0.717) is 5.41 Å². The minimum Gasteiger partial charge on any atom is -0.355 e. The Morgan fingerprint density at radius 3 is 2.71 bits per heavy atom. The van der Waals surface area contributed by atoms with Crippen molar-refractivity contribution in [1.82, 2.24) is 10.2 Å². The summed E-state index contributed by atoms with van der Waals surface area (Å²) in [6.07, 6.45) is 5.62. The summed E-state index contributed by atoms with van der Waals surface area (Å²) in [6.45, 7) is 3.35. The number of aliphatic imine (C=N–C) groups is 1. The summed E-state index contributed by atoms with van der Waals surface area (Å²) in [5.74, 6) is 2.16. The second kappa shape index (κ2) is 6.73. The van der Waals surface area contributed by atoms with Gasteiger partial charge in [0.05, 0.1) is 0 Å². The third kappa shape index (κ3) is 3.54. The first-order valence-electron chi connectivity index (χ1n) is 7.95. The molecule has 0 aromatic heterocycles. The van der Waals surface area contributed by atoms with E-state index in [1.807, 2.05) is 18.8 Å². The van der Waals surface area contributed by atoms with Gasteiger partial charge in [-0.1, -0.05) is 24.6 Å². The van der Waals surface area contributed by atoms with Gasteiger partial charge in [0.25, 0.3) is 0 Å². The molecule has 1 N–H and O–H groups in total. The molecule has 0 atom stereocenters. The molecular formula is C17H25N3S. The Bertz CT molecular complexity index is 482. The van der Waals surface area contributed by atoms with Crippen LogP contribution in [0, 0.1) is 5.41 Å². The number of rotatable bonds is 4. The molecule has 3 nitrogen and oxygen atoms in total. The number of nitrogens with one attached hydrogen (secondary N) is 1. The highest BCUT2D eigenvalue weighted by atomic mass is 32.2. The van der Waals surface area contributed by atoms with Crippen molar-refractivity contribution >= 4 is 17.7 Å². The van der Waals surface area contributed by atoms with Crippen LogP contribution < -0.4 is 5.32 Å². The number of guanidine groups is 1. The summed E-state index contributed by atoms with van der Waals surface area (Å²) < 4.78 is 0. The third-order valence-corrected chi connectivity index (χ3v) is 5.77. The molecule has 1 saturated heterocycles. The predicted molar refractivity (Wildman–Crippen MR) is 91.0 cm³/mol. The zero-order valence-corrected chi connectivity index (χ0v) is 13.7. The van der Waals surface area contributed by atoms with Crippen LogP contribution >= 0.6 is 11.8 Å². The lowest BCUT2D eigenvalue weighted by molar-refractivity contribution is 0.151. The van der Waals surface area contributed by atoms with E-state index in [-0.39, 0.29) is 0 Å². The third-order valence-electron chi connectivity index (χ3n) is 4.76. The maximum absolute atomic E-state index is 4.46. The Hall–Kier alpha value is -1.16. The van der Waals surface area contributed by atoms with Gasteiger partial charge in [-0.3, -0.25) is 4.99 Å². The second-order valence-electron chi connectivity index (χ2n) is 6.16. The largest absolute Gasteiger partial charge is 0.355 e. The average molecular weight is 303 g/mol. The Balaban J connectivity index is 1.41. The number of thioether (sulfide) groups is 1. The highest BCUT2D eigenvalue weighted by Crippen LogP contribution is 2.47. The fourth-order valence-electron chi connectivity index (χ4n) is 3.38. The van der Waals surface area contributed by atoms with E-state index < -0.39 is 0 Å². The minimum absolute atomic E-state index is 0.635. The van der Waals surface area contributed by atoms with Crippen molar-refractivity contribution in [3.8, 4) is 0 Å². The topological polar surface area (TPSA) is 27.6 Å². The van der Waals surface area contributed by atoms with Gasteiger partial charge in [-0.15, -0.1) is 11.8 Å². The standard InChI is InChI=1S/C17H25N3S/c1-18-16(20-12-10-17(14-20)8-5-9-17)19-11-13-21-15-6-3-2-4-7-15/h2-4,6-7H,5,8-14H2,1H3,(H,18,19). The van der Waals surface area contributed by atoms with Crippen LogP contribution in [-0.4, -0.2) is 43.3 Å². The molecule has 0 amide bonds. The van der Waals surface area contributed by atoms with Crippen LogP contribution in [0.1, 0.15) is 25.7 Å². The molecule has 0 bridgehead atoms. The first-order chi connectivity index (χ1) is 10.3. The first kappa shape index (κ1) is 14.8. The molecule has 1 aliphatic carbocycles. The van der Waals surface area contributed by atoms with E-state index in [1.54, 1.807) is 0 Å². The summed E-state index contributed by atoms with van der Waals surface area (Å²) >= 11 is 1.89. The smallest absolute Gasteiger partial charge is 0.193 e. The fourth-order valence-corrected chi connectivity index (χ4v) is 4.17. The van der Waals surface area contributed by atoms with Crippen molar-refractivity contribution in [2.75, 3.05) is 32.4 Å². The lowest BCUT2D eigenvalue weighted by Gasteiger charge is -2.38. The molecule has 1 heterocycles. The molecule has 1 aromatic carbocycles. The fraction of sp³-hybridized carbons (Fsp3) is 0.588. The van der Waals surface area contributed by atoms with E-state index in [2.05, 4.69) is 45.5 Å². The first-order valence-corrected chi connectivity index (χ1v) is 8.93. The highest BCUT2D eigenvalue weighted by Gasteiger charge is 2.43. The molecule has 0 unspecified atom stereocenters. The lowest BCUT2D eigenvalue weighted by Crippen LogP contribution is -2.43. The molecule has 1 spiro atoms. The van der Waals surface area contributed by atoms with Gasteiger partial charge in [0, 0.05) is 37.3 Å². The monoisotopic (exact) mass is 303 g/mol. The van der Waals surface area contributed by atoms with Gasteiger partial charge in [-0.2, -0.15) is 0 Å². The SMILES string of the molecule is CN=C(NCCSc1ccccc1)N1CCC2(CCC2)C1. The van der Waals surface area contributed by atoms with Gasteiger partial charge in [-0.25, -0.2) is 0 Å². The predicted octanol–water partition coefficient (Wildman–Crippen LogP) is 3.23. The average Bonchev–Trinajstić information content (AvgIpc) is 2.94. The van der Waals surface area contributed by atoms with Crippen molar-refractivity contribution in [2.24, 2.45) is 10.4 Å². The molecule has 4 heteroatoms. The van der Waals surface area contributed by atoms with E-state index in [1.165, 1.54) is 43.7 Å². The van der Waals surface area contributed by atoms with Gasteiger partial charge in [-0.05, 0) is 36.8 Å². The molecule has 2 aliphatic rings. The molecule has 21 heavy (non-hydrogen) atoms. The van der Waals surface area contributed by atoms with Gasteiger partial charge in [0.1, 0.15) is 0 Å². The second-order valence-corrected chi connectivity index (χ2v) is 7.33. The van der Waals surface area contributed by atoms with Gasteiger partial charge < -0.3 is 10.2 Å². The highest BCUT2D eigenvalue weighted by molar-refractivity contribution is 7.99. The number of hydrogen-bond acceptors (Lipinski definition) is 2. The van der Waals surface area contributed by atoms with Crippen LogP contribution in [0.4, 0.5) is 0 Å². The quantitative estimate of drug-likeness (QED) is 0.400. The van der Waals surface area contributed by atoms with Crippen LogP contribution in [0.2, 0.25) is 0 Å². The lowest BCUT2D eigenvalue weighted by atomic mass is 9.68. The van der Waals surface area contributed by atoms with Crippen LogP contribution in [0.5, 0.6) is 0 Å². The number of likely N-dealkylation sites (tertiary alicyclic amines) is 1. The minimum atomic E-state index is 0.635. The van der Waals surface area contributed by atoms with Crippen molar-refractivity contribution in [3.05, 3.63) is 30.3 Å². The summed E-state index contributed by atoms with van der Waals surface area (Å²) in [7, 11) is 1.90. The van der Waals surface area contributed by atoms with Crippen molar-refractivity contribution in [2.45, 2.75) is 30.6 Å². The zero-order valence-electron chi connectivity index (χ0n) is 12.8. The summed E-state index contributed by atoms with van der Waals surface area (Å²) in [5.41, 5.74) is 0.635. The zero-order chi connectivity index (χ0) is 14.5. The number of hydrogen-bond donors (Lipinski definition) is 1. The Morgan fingerprint density at radius 2 is 2.10 bits per heavy atom. The molecule has 3 rings (SSSR count). The Labute approximate surface area is 132 Å². The number of nitrogens with zero attached hydrogens (tertiary/aromatic N) is 2. The van der Waals surface area contributed by atoms with Crippen molar-refractivity contribution in [3.63, 3.8) is 0 Å². The van der Waals surface area contributed by atoms with E-state index in [9.17, 15) is 0 Å². The Kier molecular flexibility index (Phi) is 4.73.